The number of hydrogen-bond donors (Lipinski definition) is 3. The summed E-state index contributed by atoms with van der Waals surface area (Å²) in [6.07, 6.45) is 7.14. The Balaban J connectivity index is 1.40. The van der Waals surface area contributed by atoms with Crippen molar-refractivity contribution in [1.82, 2.24) is 20.2 Å². The Hall–Kier alpha value is -3.69. The summed E-state index contributed by atoms with van der Waals surface area (Å²) in [5.41, 5.74) is -0.248. The largest absolute Gasteiger partial charge is 0.481 e. The van der Waals surface area contributed by atoms with E-state index in [-0.39, 0.29) is 47.1 Å². The minimum absolute atomic E-state index is 0.0368. The van der Waals surface area contributed by atoms with E-state index in [2.05, 4.69) is 32.3 Å². The van der Waals surface area contributed by atoms with Crippen LogP contribution in [0.5, 0.6) is 0 Å². The zero-order valence-electron chi connectivity index (χ0n) is 20.4. The highest BCUT2D eigenvalue weighted by Gasteiger charge is 2.57. The number of hydrogen-bond acceptors (Lipinski definition) is 11. The van der Waals surface area contributed by atoms with Crippen LogP contribution in [-0.2, 0) is 24.0 Å². The Labute approximate surface area is 236 Å². The second-order valence-electron chi connectivity index (χ2n) is 8.43. The van der Waals surface area contributed by atoms with Gasteiger partial charge in [-0.1, -0.05) is 23.9 Å². The number of amides is 3. The average Bonchev–Trinajstić information content (AvgIpc) is 3.40. The number of thiazole rings is 1. The highest BCUT2D eigenvalue weighted by atomic mass is 32.2. The molecule has 3 atom stereocenters. The maximum Gasteiger partial charge on any atom is 0.313 e. The maximum atomic E-state index is 13.1. The van der Waals surface area contributed by atoms with Gasteiger partial charge in [0.15, 0.2) is 10.8 Å². The van der Waals surface area contributed by atoms with Crippen molar-refractivity contribution in [3.8, 4) is 0 Å². The van der Waals surface area contributed by atoms with E-state index < -0.39 is 28.7 Å². The van der Waals surface area contributed by atoms with Crippen LogP contribution >= 0.6 is 34.9 Å². The SMILES string of the molecule is C=CCON=C(C(=O)NC1C(=O)N2CC(CSC=Cc3cccnc3)(C(=O)O)CS[C@H]12)c1csc(NC=O)n1. The van der Waals surface area contributed by atoms with E-state index in [9.17, 15) is 24.3 Å². The van der Waals surface area contributed by atoms with Crippen LogP contribution in [0.1, 0.15) is 11.3 Å². The number of nitrogens with one attached hydrogen (secondary N) is 2. The summed E-state index contributed by atoms with van der Waals surface area (Å²) in [6, 6.07) is 2.85. The van der Waals surface area contributed by atoms with Crippen molar-refractivity contribution in [2.24, 2.45) is 10.6 Å². The molecular weight excluding hydrogens is 565 g/mol. The molecule has 39 heavy (non-hydrogen) atoms. The van der Waals surface area contributed by atoms with Crippen LogP contribution in [0, 0.1) is 5.41 Å². The predicted molar refractivity (Wildman–Crippen MR) is 150 cm³/mol. The number of nitrogens with zero attached hydrogens (tertiary/aromatic N) is 4. The average molecular weight is 589 g/mol. The first-order valence-corrected chi connectivity index (χ1v) is 14.5. The summed E-state index contributed by atoms with van der Waals surface area (Å²) < 4.78 is 0. The number of oxime groups is 1. The molecule has 2 aromatic rings. The third-order valence-corrected chi connectivity index (χ3v) is 9.19. The van der Waals surface area contributed by atoms with Gasteiger partial charge in [-0.05, 0) is 23.1 Å². The smallest absolute Gasteiger partial charge is 0.313 e. The molecule has 2 aliphatic rings. The molecule has 0 radical (unpaired) electrons. The Morgan fingerprint density at radius 2 is 2.28 bits per heavy atom. The molecule has 2 fully saturated rings. The monoisotopic (exact) mass is 588 g/mol. The van der Waals surface area contributed by atoms with Gasteiger partial charge in [-0.15, -0.1) is 34.9 Å². The van der Waals surface area contributed by atoms with Crippen molar-refractivity contribution in [1.29, 1.82) is 0 Å². The van der Waals surface area contributed by atoms with Gasteiger partial charge in [-0.25, -0.2) is 4.98 Å². The Kier molecular flexibility index (Phi) is 9.37. The lowest BCUT2D eigenvalue weighted by Gasteiger charge is -2.53. The molecule has 2 aromatic heterocycles. The maximum absolute atomic E-state index is 13.1. The topological polar surface area (TPSA) is 163 Å². The fraction of sp³-hybridized carbons (Fsp3) is 0.292. The lowest BCUT2D eigenvalue weighted by Crippen LogP contribution is -2.74. The van der Waals surface area contributed by atoms with Crippen molar-refractivity contribution < 1.29 is 29.1 Å². The molecule has 15 heteroatoms. The molecule has 12 nitrogen and oxygen atoms in total. The highest BCUT2D eigenvalue weighted by Crippen LogP contribution is 2.43. The minimum Gasteiger partial charge on any atom is -0.481 e. The number of rotatable bonds is 13. The number of thioether (sulfide) groups is 2. The molecule has 0 saturated carbocycles. The fourth-order valence-electron chi connectivity index (χ4n) is 3.78. The molecule has 2 unspecified atom stereocenters. The van der Waals surface area contributed by atoms with Gasteiger partial charge in [0.25, 0.3) is 5.91 Å². The summed E-state index contributed by atoms with van der Waals surface area (Å²) in [5.74, 6) is -1.50. The minimum atomic E-state index is -1.14. The molecular formula is C24H24N6O6S3. The Bertz CT molecular complexity index is 1300. The van der Waals surface area contributed by atoms with Gasteiger partial charge in [0.1, 0.15) is 29.1 Å². The van der Waals surface area contributed by atoms with Gasteiger partial charge in [-0.2, -0.15) is 0 Å². The van der Waals surface area contributed by atoms with Crippen LogP contribution in [0.3, 0.4) is 0 Å². The van der Waals surface area contributed by atoms with E-state index >= 15 is 0 Å². The fourth-order valence-corrected chi connectivity index (χ4v) is 7.09. The van der Waals surface area contributed by atoms with E-state index in [1.807, 2.05) is 23.6 Å². The standard InChI is InChI=1S/C24H24N6O6S3/c1-2-7-36-29-17(16-10-38-23(27-16)26-14-31)19(32)28-18-20(33)30-11-24(22(34)35,13-39-21(18)30)12-37-8-5-15-4-3-6-25-9-15/h2-6,8-10,14,18,21H,1,7,11-13H2,(H,28,32)(H,34,35)(H,26,27,31)/t18?,21-,24?/m1/s1. The molecule has 4 heterocycles. The third kappa shape index (κ3) is 6.49. The van der Waals surface area contributed by atoms with E-state index in [1.54, 1.807) is 12.4 Å². The van der Waals surface area contributed by atoms with Crippen LogP contribution in [0.25, 0.3) is 6.08 Å². The number of pyridine rings is 1. The van der Waals surface area contributed by atoms with Crippen LogP contribution in [0.2, 0.25) is 0 Å². The molecule has 2 saturated heterocycles. The van der Waals surface area contributed by atoms with E-state index in [4.69, 9.17) is 4.84 Å². The van der Waals surface area contributed by atoms with Crippen molar-refractivity contribution in [3.05, 3.63) is 59.2 Å². The number of fused-ring (bicyclic) bond motifs is 1. The molecule has 0 bridgehead atoms. The van der Waals surface area contributed by atoms with Gasteiger partial charge in [0.05, 0.1) is 0 Å². The summed E-state index contributed by atoms with van der Waals surface area (Å²) in [6.45, 7) is 3.61. The van der Waals surface area contributed by atoms with E-state index in [1.165, 1.54) is 39.9 Å². The van der Waals surface area contributed by atoms with Gasteiger partial charge in [0.2, 0.25) is 12.3 Å². The number of β-lactam (4-membered cyclic amide) rings is 1. The van der Waals surface area contributed by atoms with Crippen LogP contribution in [0.15, 0.2) is 53.1 Å². The number of carbonyl (C=O) groups is 4. The number of anilines is 1. The van der Waals surface area contributed by atoms with Gasteiger partial charge >= 0.3 is 5.97 Å². The van der Waals surface area contributed by atoms with Crippen molar-refractivity contribution in [2.45, 2.75) is 11.4 Å². The van der Waals surface area contributed by atoms with Crippen LogP contribution in [-0.4, -0.2) is 86.0 Å². The van der Waals surface area contributed by atoms with E-state index in [0.717, 1.165) is 16.9 Å². The Morgan fingerprint density at radius 1 is 1.44 bits per heavy atom. The number of aromatic nitrogens is 2. The lowest BCUT2D eigenvalue weighted by atomic mass is 9.89. The Morgan fingerprint density at radius 3 is 3.00 bits per heavy atom. The zero-order chi connectivity index (χ0) is 27.8. The zero-order valence-corrected chi connectivity index (χ0v) is 22.8. The molecule has 3 N–H and O–H groups in total. The number of carbonyl (C=O) groups excluding carboxylic acids is 3. The molecule has 2 aliphatic heterocycles. The first-order chi connectivity index (χ1) is 18.9. The van der Waals surface area contributed by atoms with Gasteiger partial charge < -0.3 is 25.5 Å². The third-order valence-electron chi connectivity index (χ3n) is 5.78. The van der Waals surface area contributed by atoms with E-state index in [0.29, 0.717) is 6.41 Å². The molecule has 0 spiro atoms. The molecule has 3 amide bonds. The summed E-state index contributed by atoms with van der Waals surface area (Å²) in [7, 11) is 0. The van der Waals surface area contributed by atoms with Crippen LogP contribution < -0.4 is 10.6 Å². The predicted octanol–water partition coefficient (Wildman–Crippen LogP) is 1.89. The number of carboxylic acid groups (broad SMARTS) is 1. The quantitative estimate of drug-likeness (QED) is 0.0786. The highest BCUT2D eigenvalue weighted by molar-refractivity contribution is 8.02. The van der Waals surface area contributed by atoms with Gasteiger partial charge in [0, 0.05) is 35.8 Å². The van der Waals surface area contributed by atoms with Crippen LogP contribution in [0.4, 0.5) is 5.13 Å². The van der Waals surface area contributed by atoms with Crippen molar-refractivity contribution in [3.63, 3.8) is 0 Å². The molecule has 0 aliphatic carbocycles. The number of carboxylic acids is 1. The first-order valence-electron chi connectivity index (χ1n) is 11.5. The number of aliphatic carboxylic acids is 1. The molecule has 0 aromatic carbocycles. The summed E-state index contributed by atoms with van der Waals surface area (Å²) in [5, 5.41) is 22.1. The second-order valence-corrected chi connectivity index (χ2v) is 11.3. The molecule has 204 valence electrons. The molecule has 4 rings (SSSR count). The van der Waals surface area contributed by atoms with Crippen molar-refractivity contribution >= 4 is 76.0 Å². The summed E-state index contributed by atoms with van der Waals surface area (Å²) in [4.78, 5) is 63.8. The van der Waals surface area contributed by atoms with Gasteiger partial charge in [-0.3, -0.25) is 24.2 Å². The second kappa shape index (κ2) is 12.9. The lowest BCUT2D eigenvalue weighted by molar-refractivity contribution is -0.157. The first kappa shape index (κ1) is 28.3. The van der Waals surface area contributed by atoms with Crippen molar-refractivity contribution in [2.75, 3.05) is 30.0 Å². The summed E-state index contributed by atoms with van der Waals surface area (Å²) >= 11 is 3.76. The normalized spacial score (nSPS) is 22.5.